The Bertz CT molecular complexity index is 2010. The fraction of sp³-hybridized carbons (Fsp3) is 0.387. The highest BCUT2D eigenvalue weighted by Gasteiger charge is 2.38. The van der Waals surface area contributed by atoms with Gasteiger partial charge in [-0.1, -0.05) is 17.7 Å². The molecule has 1 N–H and O–H groups in total. The summed E-state index contributed by atoms with van der Waals surface area (Å²) in [5.41, 5.74) is 0.983. The lowest BCUT2D eigenvalue weighted by Gasteiger charge is -2.29. The Hall–Kier alpha value is -4.35. The number of aromatic nitrogens is 7. The Labute approximate surface area is 278 Å². The van der Waals surface area contributed by atoms with Crippen LogP contribution in [0.15, 0.2) is 36.5 Å². The van der Waals surface area contributed by atoms with Crippen LogP contribution in [0.4, 0.5) is 30.7 Å². The molecule has 0 aliphatic carbocycles. The van der Waals surface area contributed by atoms with Crippen molar-refractivity contribution in [2.45, 2.75) is 51.4 Å². The number of hydrogen-bond donors (Lipinski definition) is 1. The number of nitrogens with zero attached hydrogens (tertiary/aromatic N) is 7. The van der Waals surface area contributed by atoms with Gasteiger partial charge in [0.25, 0.3) is 0 Å². The SMILES string of the molecule is Fc1cc(Cl)ccc1COc1nc2c(cc1C(F)(F)F)CCN(Cc1nc3cc(-c4n[nH]c(C(F)(F)F)n4)ncc3n1C[C@@H]1CCOC1)C2. The molecule has 1 fully saturated rings. The molecule has 18 heteroatoms. The van der Waals surface area contributed by atoms with Crippen molar-refractivity contribution in [2.24, 2.45) is 5.92 Å². The molecule has 2 aliphatic heterocycles. The molecule has 6 heterocycles. The number of H-pyrrole nitrogens is 1. The van der Waals surface area contributed by atoms with Crippen molar-refractivity contribution < 1.29 is 40.2 Å². The van der Waals surface area contributed by atoms with Crippen molar-refractivity contribution in [1.29, 1.82) is 0 Å². The van der Waals surface area contributed by atoms with Crippen LogP contribution in [0.3, 0.4) is 0 Å². The predicted octanol–water partition coefficient (Wildman–Crippen LogP) is 6.62. The van der Waals surface area contributed by atoms with Crippen LogP contribution in [-0.4, -0.2) is 59.4 Å². The topological polar surface area (TPSA) is 107 Å². The lowest BCUT2D eigenvalue weighted by molar-refractivity contribution is -0.144. The summed E-state index contributed by atoms with van der Waals surface area (Å²) in [6.45, 7) is 2.08. The first-order valence-electron chi connectivity index (χ1n) is 15.1. The zero-order valence-electron chi connectivity index (χ0n) is 25.4. The van der Waals surface area contributed by atoms with Gasteiger partial charge in [0.2, 0.25) is 11.7 Å². The van der Waals surface area contributed by atoms with Gasteiger partial charge in [0.1, 0.15) is 29.5 Å². The summed E-state index contributed by atoms with van der Waals surface area (Å²) in [5.74, 6) is -2.04. The molecule has 0 unspecified atom stereocenters. The lowest BCUT2D eigenvalue weighted by atomic mass is 10.0. The van der Waals surface area contributed by atoms with Gasteiger partial charge in [0.05, 0.1) is 36.1 Å². The number of ether oxygens (including phenoxy) is 2. The largest absolute Gasteiger partial charge is 0.472 e. The molecule has 2 aliphatic rings. The monoisotopic (exact) mass is 710 g/mol. The predicted molar refractivity (Wildman–Crippen MR) is 160 cm³/mol. The first-order chi connectivity index (χ1) is 23.3. The molecule has 10 nitrogen and oxygen atoms in total. The second-order valence-corrected chi connectivity index (χ2v) is 12.3. The van der Waals surface area contributed by atoms with E-state index < -0.39 is 42.0 Å². The minimum absolute atomic E-state index is 0.0201. The van der Waals surface area contributed by atoms with Crippen molar-refractivity contribution >= 4 is 22.6 Å². The maximum atomic E-state index is 14.3. The Balaban J connectivity index is 1.17. The number of rotatable bonds is 8. The van der Waals surface area contributed by atoms with Gasteiger partial charge in [-0.3, -0.25) is 15.0 Å². The number of halogens is 8. The summed E-state index contributed by atoms with van der Waals surface area (Å²) >= 11 is 5.79. The summed E-state index contributed by atoms with van der Waals surface area (Å²) in [5, 5.41) is 5.69. The number of fused-ring (bicyclic) bond motifs is 2. The van der Waals surface area contributed by atoms with Gasteiger partial charge in [-0.15, -0.1) is 0 Å². The Morgan fingerprint density at radius 2 is 1.88 bits per heavy atom. The van der Waals surface area contributed by atoms with Crippen molar-refractivity contribution in [2.75, 3.05) is 19.8 Å². The van der Waals surface area contributed by atoms with Crippen LogP contribution in [-0.2, 0) is 49.8 Å². The van der Waals surface area contributed by atoms with E-state index in [0.29, 0.717) is 54.4 Å². The zero-order valence-corrected chi connectivity index (χ0v) is 26.1. The molecule has 0 saturated carbocycles. The van der Waals surface area contributed by atoms with E-state index in [1.54, 1.807) is 0 Å². The van der Waals surface area contributed by atoms with Crippen LogP contribution in [0.1, 0.15) is 40.5 Å². The number of pyridine rings is 2. The Morgan fingerprint density at radius 3 is 2.59 bits per heavy atom. The first kappa shape index (κ1) is 33.2. The smallest absolute Gasteiger partial charge is 0.451 e. The molecule has 0 bridgehead atoms. The van der Waals surface area contributed by atoms with Crippen molar-refractivity contribution in [1.82, 2.24) is 39.6 Å². The van der Waals surface area contributed by atoms with E-state index in [4.69, 9.17) is 26.1 Å². The van der Waals surface area contributed by atoms with Gasteiger partial charge < -0.3 is 14.0 Å². The Morgan fingerprint density at radius 1 is 1.04 bits per heavy atom. The van der Waals surface area contributed by atoms with E-state index in [1.165, 1.54) is 24.4 Å². The molecule has 0 radical (unpaired) electrons. The van der Waals surface area contributed by atoms with Crippen LogP contribution in [0.2, 0.25) is 5.02 Å². The third-order valence-corrected chi connectivity index (χ3v) is 8.67. The van der Waals surface area contributed by atoms with Gasteiger partial charge in [-0.25, -0.2) is 19.3 Å². The van der Waals surface area contributed by atoms with E-state index in [9.17, 15) is 30.7 Å². The quantitative estimate of drug-likeness (QED) is 0.179. The van der Waals surface area contributed by atoms with Gasteiger partial charge in [-0.05, 0) is 42.7 Å². The number of nitrogens with one attached hydrogen (secondary N) is 1. The summed E-state index contributed by atoms with van der Waals surface area (Å²) in [6.07, 6.45) is -6.85. The van der Waals surface area contributed by atoms with E-state index in [2.05, 4.69) is 20.1 Å². The van der Waals surface area contributed by atoms with Crippen molar-refractivity contribution in [3.05, 3.63) is 81.4 Å². The molecule has 1 saturated heterocycles. The number of aromatic amines is 1. The van der Waals surface area contributed by atoms with Gasteiger partial charge in [0, 0.05) is 42.7 Å². The van der Waals surface area contributed by atoms with Crippen LogP contribution in [0.25, 0.3) is 22.6 Å². The molecule has 49 heavy (non-hydrogen) atoms. The molecule has 7 rings (SSSR count). The van der Waals surface area contributed by atoms with E-state index in [1.807, 2.05) is 14.6 Å². The van der Waals surface area contributed by atoms with Crippen molar-refractivity contribution in [3.8, 4) is 17.4 Å². The molecule has 5 aromatic rings. The molecule has 0 amide bonds. The van der Waals surface area contributed by atoms with E-state index >= 15 is 0 Å². The molecule has 4 aromatic heterocycles. The third-order valence-electron chi connectivity index (χ3n) is 8.44. The maximum absolute atomic E-state index is 14.3. The highest BCUT2D eigenvalue weighted by molar-refractivity contribution is 6.30. The highest BCUT2D eigenvalue weighted by atomic mass is 35.5. The average molecular weight is 711 g/mol. The lowest BCUT2D eigenvalue weighted by Crippen LogP contribution is -2.32. The second-order valence-electron chi connectivity index (χ2n) is 11.9. The second kappa shape index (κ2) is 12.8. The van der Waals surface area contributed by atoms with Crippen LogP contribution in [0, 0.1) is 11.7 Å². The third kappa shape index (κ3) is 7.05. The first-order valence-corrected chi connectivity index (χ1v) is 15.5. The summed E-state index contributed by atoms with van der Waals surface area (Å²) in [6, 6.07) is 6.34. The van der Waals surface area contributed by atoms with Crippen molar-refractivity contribution in [3.63, 3.8) is 0 Å². The number of imidazole rings is 1. The number of benzene rings is 1. The van der Waals surface area contributed by atoms with Crippen LogP contribution >= 0.6 is 11.6 Å². The molecular formula is C31H26ClF7N8O2. The number of hydrogen-bond acceptors (Lipinski definition) is 8. The minimum atomic E-state index is -4.76. The minimum Gasteiger partial charge on any atom is -0.472 e. The fourth-order valence-corrected chi connectivity index (χ4v) is 6.10. The van der Waals surface area contributed by atoms with Gasteiger partial charge in [0.15, 0.2) is 5.82 Å². The van der Waals surface area contributed by atoms with Gasteiger partial charge >= 0.3 is 12.4 Å². The average Bonchev–Trinajstić information content (AvgIpc) is 3.81. The fourth-order valence-electron chi connectivity index (χ4n) is 5.94. The molecule has 1 aromatic carbocycles. The normalized spacial score (nSPS) is 17.2. The molecular weight excluding hydrogens is 685 g/mol. The summed E-state index contributed by atoms with van der Waals surface area (Å²) in [4.78, 5) is 18.9. The molecule has 1 atom stereocenters. The van der Waals surface area contributed by atoms with E-state index in [-0.39, 0.29) is 47.5 Å². The van der Waals surface area contributed by atoms with Crippen LogP contribution in [0.5, 0.6) is 5.88 Å². The number of alkyl halides is 6. The molecule has 0 spiro atoms. The Kier molecular flexibility index (Phi) is 8.69. The zero-order chi connectivity index (χ0) is 34.5. The highest BCUT2D eigenvalue weighted by Crippen LogP contribution is 2.38. The molecule has 258 valence electrons. The summed E-state index contributed by atoms with van der Waals surface area (Å²) < 4.78 is 109. The van der Waals surface area contributed by atoms with E-state index in [0.717, 1.165) is 18.6 Å². The van der Waals surface area contributed by atoms with Crippen LogP contribution < -0.4 is 4.74 Å². The van der Waals surface area contributed by atoms with Gasteiger partial charge in [-0.2, -0.15) is 31.4 Å². The summed E-state index contributed by atoms with van der Waals surface area (Å²) in [7, 11) is 0. The standard InChI is InChI=1S/C31H26ClF7N8O2/c32-19-2-1-18(21(33)8-19)15-49-28-20(30(34,35)36)7-17-3-5-46(12-24(17)42-28)13-26-41-22-9-23(27-43-29(45-44-27)31(37,38)39)40-10-25(22)47(26)11-16-4-6-48-14-16/h1-2,7-10,16H,3-6,11-15H2,(H,43,44,45)/t16-/m0/s1. The maximum Gasteiger partial charge on any atom is 0.451 e.